The number of carboxylic acids is 1. The molecule has 0 atom stereocenters. The molecule has 0 saturated heterocycles. The summed E-state index contributed by atoms with van der Waals surface area (Å²) >= 11 is 0. The second-order valence-electron chi connectivity index (χ2n) is 4.26. The lowest BCUT2D eigenvalue weighted by Crippen LogP contribution is -2.02. The van der Waals surface area contributed by atoms with Gasteiger partial charge in [0, 0.05) is 17.2 Å². The third-order valence-electron chi connectivity index (χ3n) is 3.15. The zero-order valence-electron chi connectivity index (χ0n) is 12.0. The molecule has 0 aliphatic heterocycles. The lowest BCUT2D eigenvalue weighted by atomic mass is 10.00. The van der Waals surface area contributed by atoms with Crippen LogP contribution in [0.1, 0.15) is 10.4 Å². The summed E-state index contributed by atoms with van der Waals surface area (Å²) in [6.45, 7) is 0. The average molecular weight is 288 g/mol. The van der Waals surface area contributed by atoms with Crippen molar-refractivity contribution in [3.63, 3.8) is 0 Å². The Morgan fingerprint density at radius 1 is 0.952 bits per heavy atom. The van der Waals surface area contributed by atoms with Gasteiger partial charge in [0.05, 0.1) is 21.3 Å². The van der Waals surface area contributed by atoms with Gasteiger partial charge in [-0.15, -0.1) is 0 Å². The van der Waals surface area contributed by atoms with Gasteiger partial charge in [-0.1, -0.05) is 12.1 Å². The van der Waals surface area contributed by atoms with E-state index >= 15 is 0 Å². The first-order valence-corrected chi connectivity index (χ1v) is 6.25. The highest BCUT2D eigenvalue weighted by molar-refractivity contribution is 5.95. The molecule has 0 heterocycles. The fourth-order valence-electron chi connectivity index (χ4n) is 2.16. The summed E-state index contributed by atoms with van der Waals surface area (Å²) in [5, 5.41) is 9.25. The number of benzene rings is 2. The molecule has 0 radical (unpaired) electrons. The van der Waals surface area contributed by atoms with Crippen LogP contribution in [0.5, 0.6) is 17.2 Å². The monoisotopic (exact) mass is 288 g/mol. The van der Waals surface area contributed by atoms with Gasteiger partial charge >= 0.3 is 5.97 Å². The van der Waals surface area contributed by atoms with Gasteiger partial charge < -0.3 is 19.3 Å². The molecule has 5 nitrogen and oxygen atoms in total. The topological polar surface area (TPSA) is 65.0 Å². The smallest absolute Gasteiger partial charge is 0.339 e. The normalized spacial score (nSPS) is 10.0. The van der Waals surface area contributed by atoms with Gasteiger partial charge in [-0.2, -0.15) is 0 Å². The second kappa shape index (κ2) is 6.17. The van der Waals surface area contributed by atoms with E-state index in [1.807, 2.05) is 0 Å². The summed E-state index contributed by atoms with van der Waals surface area (Å²) in [5.41, 5.74) is 1.49. The maximum Gasteiger partial charge on any atom is 0.339 e. The van der Waals surface area contributed by atoms with Gasteiger partial charge in [-0.25, -0.2) is 4.79 Å². The molecule has 2 aromatic rings. The molecular weight excluding hydrogens is 272 g/mol. The van der Waals surface area contributed by atoms with E-state index in [4.69, 9.17) is 14.2 Å². The minimum atomic E-state index is -1.04. The van der Waals surface area contributed by atoms with Crippen LogP contribution < -0.4 is 14.2 Å². The standard InChI is InChI=1S/C16H16O5/c1-19-10-7-8-11(14(9-10)20-2)12-5-4-6-13(16(17)18)15(12)21-3/h4-9H,1-3H3,(H,17,18). The second-order valence-corrected chi connectivity index (χ2v) is 4.26. The number of ether oxygens (including phenoxy) is 3. The van der Waals surface area contributed by atoms with Crippen molar-refractivity contribution in [2.75, 3.05) is 21.3 Å². The number of aromatic carboxylic acids is 1. The largest absolute Gasteiger partial charge is 0.497 e. The molecule has 21 heavy (non-hydrogen) atoms. The molecule has 1 N–H and O–H groups in total. The molecule has 0 unspecified atom stereocenters. The van der Waals surface area contributed by atoms with Crippen LogP contribution in [0.4, 0.5) is 0 Å². The molecule has 0 aliphatic rings. The summed E-state index contributed by atoms with van der Waals surface area (Å²) in [7, 11) is 4.56. The average Bonchev–Trinajstić information content (AvgIpc) is 2.53. The Morgan fingerprint density at radius 2 is 1.71 bits per heavy atom. The van der Waals surface area contributed by atoms with E-state index in [1.165, 1.54) is 13.2 Å². The first kappa shape index (κ1) is 14.7. The predicted molar refractivity (Wildman–Crippen MR) is 78.5 cm³/mol. The summed E-state index contributed by atoms with van der Waals surface area (Å²) in [5.74, 6) is 0.494. The number of hydrogen-bond donors (Lipinski definition) is 1. The fourth-order valence-corrected chi connectivity index (χ4v) is 2.16. The first-order chi connectivity index (χ1) is 10.1. The van der Waals surface area contributed by atoms with Crippen molar-refractivity contribution in [3.05, 3.63) is 42.0 Å². The molecular formula is C16H16O5. The predicted octanol–water partition coefficient (Wildman–Crippen LogP) is 3.08. The number of carbonyl (C=O) groups is 1. The summed E-state index contributed by atoms with van der Waals surface area (Å²) in [6.07, 6.45) is 0. The van der Waals surface area contributed by atoms with Crippen LogP contribution in [0, 0.1) is 0 Å². The number of rotatable bonds is 5. The zero-order chi connectivity index (χ0) is 15.4. The van der Waals surface area contributed by atoms with Crippen LogP contribution in [-0.2, 0) is 0 Å². The van der Waals surface area contributed by atoms with Crippen LogP contribution in [0.3, 0.4) is 0 Å². The lowest BCUT2D eigenvalue weighted by Gasteiger charge is -2.15. The highest BCUT2D eigenvalue weighted by Crippen LogP contribution is 2.39. The minimum Gasteiger partial charge on any atom is -0.497 e. The van der Waals surface area contributed by atoms with Crippen molar-refractivity contribution in [1.29, 1.82) is 0 Å². The van der Waals surface area contributed by atoms with E-state index in [2.05, 4.69) is 0 Å². The molecule has 2 rings (SSSR count). The Labute approximate surface area is 122 Å². The van der Waals surface area contributed by atoms with E-state index in [1.54, 1.807) is 44.6 Å². The van der Waals surface area contributed by atoms with Gasteiger partial charge in [-0.05, 0) is 18.2 Å². The first-order valence-electron chi connectivity index (χ1n) is 6.25. The van der Waals surface area contributed by atoms with Crippen molar-refractivity contribution >= 4 is 5.97 Å². The van der Waals surface area contributed by atoms with E-state index in [0.29, 0.717) is 22.8 Å². The molecule has 0 bridgehead atoms. The Hall–Kier alpha value is -2.69. The third kappa shape index (κ3) is 2.76. The Morgan fingerprint density at radius 3 is 2.29 bits per heavy atom. The van der Waals surface area contributed by atoms with Crippen molar-refractivity contribution in [3.8, 4) is 28.4 Å². The quantitative estimate of drug-likeness (QED) is 0.916. The molecule has 0 fully saturated rings. The third-order valence-corrected chi connectivity index (χ3v) is 3.15. The van der Waals surface area contributed by atoms with E-state index in [0.717, 1.165) is 5.56 Å². The Balaban J connectivity index is 2.67. The van der Waals surface area contributed by atoms with Crippen LogP contribution in [-0.4, -0.2) is 32.4 Å². The minimum absolute atomic E-state index is 0.105. The molecule has 2 aromatic carbocycles. The number of para-hydroxylation sites is 1. The van der Waals surface area contributed by atoms with Gasteiger partial charge in [0.25, 0.3) is 0 Å². The molecule has 110 valence electrons. The molecule has 5 heteroatoms. The van der Waals surface area contributed by atoms with Crippen LogP contribution in [0.2, 0.25) is 0 Å². The van der Waals surface area contributed by atoms with Crippen molar-refractivity contribution < 1.29 is 24.1 Å². The van der Waals surface area contributed by atoms with Crippen molar-refractivity contribution in [2.45, 2.75) is 0 Å². The summed E-state index contributed by atoms with van der Waals surface area (Å²) < 4.78 is 15.8. The maximum absolute atomic E-state index is 11.3. The van der Waals surface area contributed by atoms with E-state index < -0.39 is 5.97 Å². The number of hydrogen-bond acceptors (Lipinski definition) is 4. The summed E-state index contributed by atoms with van der Waals surface area (Å²) in [4.78, 5) is 11.3. The molecule has 0 aliphatic carbocycles. The fraction of sp³-hybridized carbons (Fsp3) is 0.188. The molecule has 0 spiro atoms. The van der Waals surface area contributed by atoms with Crippen LogP contribution >= 0.6 is 0 Å². The Bertz CT molecular complexity index is 664. The van der Waals surface area contributed by atoms with E-state index in [-0.39, 0.29) is 5.56 Å². The van der Waals surface area contributed by atoms with Crippen molar-refractivity contribution in [1.82, 2.24) is 0 Å². The van der Waals surface area contributed by atoms with Crippen molar-refractivity contribution in [2.24, 2.45) is 0 Å². The zero-order valence-corrected chi connectivity index (χ0v) is 12.0. The highest BCUT2D eigenvalue weighted by atomic mass is 16.5. The highest BCUT2D eigenvalue weighted by Gasteiger charge is 2.18. The Kier molecular flexibility index (Phi) is 4.33. The molecule has 0 saturated carbocycles. The van der Waals surface area contributed by atoms with Gasteiger partial charge in [0.15, 0.2) is 0 Å². The number of methoxy groups -OCH3 is 3. The lowest BCUT2D eigenvalue weighted by molar-refractivity contribution is 0.0693. The summed E-state index contributed by atoms with van der Waals surface area (Å²) in [6, 6.07) is 10.3. The molecule has 0 amide bonds. The van der Waals surface area contributed by atoms with Crippen LogP contribution in [0.25, 0.3) is 11.1 Å². The van der Waals surface area contributed by atoms with Crippen LogP contribution in [0.15, 0.2) is 36.4 Å². The SMILES string of the molecule is COc1ccc(-c2cccc(C(=O)O)c2OC)c(OC)c1. The van der Waals surface area contributed by atoms with Gasteiger partial charge in [-0.3, -0.25) is 0 Å². The van der Waals surface area contributed by atoms with Gasteiger partial charge in [0.2, 0.25) is 0 Å². The van der Waals surface area contributed by atoms with E-state index in [9.17, 15) is 9.90 Å². The number of carboxylic acid groups (broad SMARTS) is 1. The van der Waals surface area contributed by atoms with Gasteiger partial charge in [0.1, 0.15) is 22.8 Å². The maximum atomic E-state index is 11.3. The molecule has 0 aromatic heterocycles.